The highest BCUT2D eigenvalue weighted by atomic mass is 32.2. The van der Waals surface area contributed by atoms with Crippen molar-refractivity contribution in [1.82, 2.24) is 0 Å². The Labute approximate surface area is 128 Å². The van der Waals surface area contributed by atoms with Gasteiger partial charge in [0.2, 0.25) is 0 Å². The minimum absolute atomic E-state index is 0.292. The lowest BCUT2D eigenvalue weighted by Crippen LogP contribution is -2.20. The second kappa shape index (κ2) is 6.54. The Morgan fingerprint density at radius 3 is 2.57 bits per heavy atom. The maximum atomic E-state index is 12.4. The van der Waals surface area contributed by atoms with Gasteiger partial charge in [-0.15, -0.1) is 0 Å². The Hall–Kier alpha value is -1.45. The van der Waals surface area contributed by atoms with Gasteiger partial charge in [-0.25, -0.2) is 4.21 Å². The van der Waals surface area contributed by atoms with Gasteiger partial charge in [0.05, 0.1) is 11.5 Å². The van der Waals surface area contributed by atoms with Crippen LogP contribution in [0.4, 0.5) is 0 Å². The van der Waals surface area contributed by atoms with E-state index >= 15 is 0 Å². The van der Waals surface area contributed by atoms with Crippen molar-refractivity contribution in [3.63, 3.8) is 0 Å². The molecule has 0 bridgehead atoms. The third-order valence-electron chi connectivity index (χ3n) is 4.23. The van der Waals surface area contributed by atoms with Crippen LogP contribution in [0.1, 0.15) is 36.8 Å². The standard InChI is InChI=1S/C18H20O2S/c1-2-14-12-17(15-8-4-3-5-9-15)16-10-6-7-11-18(16)21(19)20-13-14/h3-11,14,17H,2,12-13H2,1H3/t14-,17-,21?/m0/s1. The van der Waals surface area contributed by atoms with Crippen LogP contribution in [-0.4, -0.2) is 10.8 Å². The highest BCUT2D eigenvalue weighted by molar-refractivity contribution is 7.80. The number of hydrogen-bond acceptors (Lipinski definition) is 2. The smallest absolute Gasteiger partial charge is 0.189 e. The summed E-state index contributed by atoms with van der Waals surface area (Å²) in [4.78, 5) is 0.820. The van der Waals surface area contributed by atoms with Gasteiger partial charge in [-0.05, 0) is 29.5 Å². The summed E-state index contributed by atoms with van der Waals surface area (Å²) in [5.74, 6) is 0.729. The first kappa shape index (κ1) is 14.5. The predicted octanol–water partition coefficient (Wildman–Crippen LogP) is 4.29. The molecule has 2 aromatic carbocycles. The molecule has 21 heavy (non-hydrogen) atoms. The maximum Gasteiger partial charge on any atom is 0.189 e. The van der Waals surface area contributed by atoms with E-state index in [9.17, 15) is 4.21 Å². The Morgan fingerprint density at radius 1 is 1.10 bits per heavy atom. The van der Waals surface area contributed by atoms with Crippen molar-refractivity contribution in [1.29, 1.82) is 0 Å². The van der Waals surface area contributed by atoms with E-state index in [0.29, 0.717) is 18.4 Å². The summed E-state index contributed by atoms with van der Waals surface area (Å²) in [7, 11) is 0. The van der Waals surface area contributed by atoms with Gasteiger partial charge in [0.15, 0.2) is 11.1 Å². The summed E-state index contributed by atoms with van der Waals surface area (Å²) in [5.41, 5.74) is 2.43. The fraction of sp³-hybridized carbons (Fsp3) is 0.333. The molecule has 0 spiro atoms. The van der Waals surface area contributed by atoms with Crippen LogP contribution in [0, 0.1) is 5.92 Å². The molecule has 2 aromatic rings. The molecule has 1 aliphatic heterocycles. The topological polar surface area (TPSA) is 26.3 Å². The van der Waals surface area contributed by atoms with Gasteiger partial charge in [0.25, 0.3) is 0 Å². The number of benzene rings is 2. The molecule has 0 fully saturated rings. The Bertz CT molecular complexity index is 624. The van der Waals surface area contributed by atoms with Gasteiger partial charge in [0, 0.05) is 5.92 Å². The van der Waals surface area contributed by atoms with Gasteiger partial charge in [-0.3, -0.25) is 4.18 Å². The van der Waals surface area contributed by atoms with Crippen molar-refractivity contribution in [2.24, 2.45) is 5.92 Å². The number of hydrogen-bond donors (Lipinski definition) is 0. The van der Waals surface area contributed by atoms with Gasteiger partial charge in [0.1, 0.15) is 0 Å². The average Bonchev–Trinajstić information content (AvgIpc) is 2.54. The molecule has 1 heterocycles. The number of fused-ring (bicyclic) bond motifs is 1. The van der Waals surface area contributed by atoms with Crippen LogP contribution in [0.5, 0.6) is 0 Å². The molecule has 2 nitrogen and oxygen atoms in total. The zero-order chi connectivity index (χ0) is 14.7. The molecule has 1 aliphatic rings. The quantitative estimate of drug-likeness (QED) is 0.827. The molecular weight excluding hydrogens is 280 g/mol. The zero-order valence-electron chi connectivity index (χ0n) is 12.2. The van der Waals surface area contributed by atoms with Crippen molar-refractivity contribution in [2.45, 2.75) is 30.6 Å². The summed E-state index contributed by atoms with van der Waals surface area (Å²) < 4.78 is 18.0. The molecule has 0 aliphatic carbocycles. The predicted molar refractivity (Wildman–Crippen MR) is 85.5 cm³/mol. The molecule has 0 amide bonds. The highest BCUT2D eigenvalue weighted by Crippen LogP contribution is 2.37. The van der Waals surface area contributed by atoms with Gasteiger partial charge in [-0.1, -0.05) is 61.9 Å². The van der Waals surface area contributed by atoms with Crippen LogP contribution < -0.4 is 0 Å². The van der Waals surface area contributed by atoms with Crippen molar-refractivity contribution in [2.75, 3.05) is 6.61 Å². The minimum Gasteiger partial charge on any atom is -0.286 e. The van der Waals surface area contributed by atoms with Crippen LogP contribution in [0.2, 0.25) is 0 Å². The minimum atomic E-state index is -1.36. The summed E-state index contributed by atoms with van der Waals surface area (Å²) in [6, 6.07) is 18.5. The molecule has 3 heteroatoms. The van der Waals surface area contributed by atoms with E-state index in [0.717, 1.165) is 23.3 Å². The first-order chi connectivity index (χ1) is 10.3. The van der Waals surface area contributed by atoms with E-state index in [-0.39, 0.29) is 0 Å². The summed E-state index contributed by atoms with van der Waals surface area (Å²) in [6.45, 7) is 2.74. The van der Waals surface area contributed by atoms with E-state index in [1.54, 1.807) is 0 Å². The summed E-state index contributed by atoms with van der Waals surface area (Å²) in [5, 5.41) is 0. The van der Waals surface area contributed by atoms with Crippen LogP contribution in [0.3, 0.4) is 0 Å². The van der Waals surface area contributed by atoms with Crippen LogP contribution in [0.15, 0.2) is 59.5 Å². The molecular formula is C18H20O2S. The number of rotatable bonds is 2. The van der Waals surface area contributed by atoms with Gasteiger partial charge < -0.3 is 0 Å². The summed E-state index contributed by atoms with van der Waals surface area (Å²) >= 11 is -1.36. The Kier molecular flexibility index (Phi) is 4.51. The van der Waals surface area contributed by atoms with Gasteiger partial charge in [-0.2, -0.15) is 0 Å². The van der Waals surface area contributed by atoms with Crippen molar-refractivity contribution >= 4 is 11.1 Å². The molecule has 0 aromatic heterocycles. The van der Waals surface area contributed by atoms with Crippen molar-refractivity contribution in [3.05, 3.63) is 65.7 Å². The molecule has 3 atom stereocenters. The summed E-state index contributed by atoms with van der Waals surface area (Å²) in [6.07, 6.45) is 2.08. The third-order valence-corrected chi connectivity index (χ3v) is 5.31. The molecule has 0 saturated carbocycles. The molecule has 0 radical (unpaired) electrons. The van der Waals surface area contributed by atoms with Crippen LogP contribution >= 0.6 is 0 Å². The fourth-order valence-corrected chi connectivity index (χ4v) is 3.99. The first-order valence-corrected chi connectivity index (χ1v) is 8.56. The molecule has 1 unspecified atom stereocenters. The zero-order valence-corrected chi connectivity index (χ0v) is 13.0. The second-order valence-electron chi connectivity index (χ2n) is 5.53. The van der Waals surface area contributed by atoms with E-state index in [2.05, 4.69) is 37.3 Å². The lowest BCUT2D eigenvalue weighted by Gasteiger charge is -2.27. The largest absolute Gasteiger partial charge is 0.286 e. The lowest BCUT2D eigenvalue weighted by atomic mass is 9.83. The molecule has 0 saturated heterocycles. The molecule has 110 valence electrons. The SMILES string of the molecule is CC[C@@H]1COS(=O)c2ccccc2[C@H](c2ccccc2)C1. The van der Waals surface area contributed by atoms with Gasteiger partial charge >= 0.3 is 0 Å². The van der Waals surface area contributed by atoms with Crippen LogP contribution in [0.25, 0.3) is 0 Å². The van der Waals surface area contributed by atoms with E-state index in [4.69, 9.17) is 4.18 Å². The monoisotopic (exact) mass is 300 g/mol. The Balaban J connectivity index is 2.10. The van der Waals surface area contributed by atoms with E-state index < -0.39 is 11.1 Å². The first-order valence-electron chi connectivity index (χ1n) is 7.48. The van der Waals surface area contributed by atoms with Crippen molar-refractivity contribution < 1.29 is 8.39 Å². The van der Waals surface area contributed by atoms with Crippen LogP contribution in [-0.2, 0) is 15.3 Å². The van der Waals surface area contributed by atoms with Crippen molar-refractivity contribution in [3.8, 4) is 0 Å². The fourth-order valence-electron chi connectivity index (χ4n) is 2.96. The lowest BCUT2D eigenvalue weighted by molar-refractivity contribution is 0.246. The normalized spacial score (nSPS) is 25.7. The highest BCUT2D eigenvalue weighted by Gasteiger charge is 2.26. The molecule has 3 rings (SSSR count). The van der Waals surface area contributed by atoms with E-state index in [1.807, 2.05) is 24.3 Å². The second-order valence-corrected chi connectivity index (χ2v) is 6.68. The molecule has 0 N–H and O–H groups in total. The Morgan fingerprint density at radius 2 is 1.81 bits per heavy atom. The maximum absolute atomic E-state index is 12.4. The average molecular weight is 300 g/mol. The van der Waals surface area contributed by atoms with E-state index in [1.165, 1.54) is 5.56 Å². The third kappa shape index (κ3) is 3.09.